The standard InChI is InChI=1S/C36H24N4/c1-4-10-25(11-5-1)32-23-38-33(24-37-32)26-16-18-35-31(22-26)29-17-19-34-30(20-21-39(34)27-12-6-2-7-13-27)36(29)40(35)28-14-8-3-9-15-28/h1-24H. The minimum absolute atomic E-state index is 0.860. The van der Waals surface area contributed by atoms with Gasteiger partial charge in [0.25, 0.3) is 0 Å². The van der Waals surface area contributed by atoms with Crippen LogP contribution in [0.2, 0.25) is 0 Å². The maximum Gasteiger partial charge on any atom is 0.0885 e. The smallest absolute Gasteiger partial charge is 0.0885 e. The quantitative estimate of drug-likeness (QED) is 0.236. The predicted molar refractivity (Wildman–Crippen MR) is 164 cm³/mol. The second-order valence-electron chi connectivity index (χ2n) is 9.97. The number of rotatable bonds is 4. The van der Waals surface area contributed by atoms with Gasteiger partial charge in [-0.1, -0.05) is 78.9 Å². The minimum atomic E-state index is 0.860. The number of aromatic nitrogens is 4. The highest BCUT2D eigenvalue weighted by Gasteiger charge is 2.18. The largest absolute Gasteiger partial charge is 0.316 e. The van der Waals surface area contributed by atoms with Crippen LogP contribution in [0.3, 0.4) is 0 Å². The summed E-state index contributed by atoms with van der Waals surface area (Å²) in [6.07, 6.45) is 5.90. The van der Waals surface area contributed by atoms with Crippen molar-refractivity contribution >= 4 is 32.7 Å². The normalized spacial score (nSPS) is 11.5. The van der Waals surface area contributed by atoms with Crippen LogP contribution < -0.4 is 0 Å². The van der Waals surface area contributed by atoms with Crippen molar-refractivity contribution in [2.75, 3.05) is 0 Å². The molecule has 4 heteroatoms. The molecule has 0 saturated carbocycles. The Morgan fingerprint density at radius 1 is 0.450 bits per heavy atom. The lowest BCUT2D eigenvalue weighted by molar-refractivity contribution is 1.13. The summed E-state index contributed by atoms with van der Waals surface area (Å²) in [5.74, 6) is 0. The van der Waals surface area contributed by atoms with E-state index in [0.29, 0.717) is 0 Å². The first-order valence-corrected chi connectivity index (χ1v) is 13.4. The van der Waals surface area contributed by atoms with Crippen LogP contribution in [-0.2, 0) is 0 Å². The Balaban J connectivity index is 1.35. The molecule has 40 heavy (non-hydrogen) atoms. The third kappa shape index (κ3) is 3.54. The van der Waals surface area contributed by atoms with Gasteiger partial charge < -0.3 is 9.13 Å². The molecule has 0 aliphatic carbocycles. The molecular weight excluding hydrogens is 488 g/mol. The molecule has 0 N–H and O–H groups in total. The Bertz CT molecular complexity index is 2120. The Kier molecular flexibility index (Phi) is 5.10. The van der Waals surface area contributed by atoms with Gasteiger partial charge in [-0.2, -0.15) is 0 Å². The van der Waals surface area contributed by atoms with Crippen molar-refractivity contribution in [1.29, 1.82) is 0 Å². The molecule has 8 aromatic rings. The van der Waals surface area contributed by atoms with Gasteiger partial charge >= 0.3 is 0 Å². The molecule has 0 saturated heterocycles. The van der Waals surface area contributed by atoms with Gasteiger partial charge in [-0.15, -0.1) is 0 Å². The molecule has 5 aromatic carbocycles. The maximum atomic E-state index is 4.79. The number of hydrogen-bond acceptors (Lipinski definition) is 2. The number of para-hydroxylation sites is 2. The number of fused-ring (bicyclic) bond motifs is 5. The van der Waals surface area contributed by atoms with Gasteiger partial charge in [0.15, 0.2) is 0 Å². The summed E-state index contributed by atoms with van der Waals surface area (Å²) < 4.78 is 4.65. The van der Waals surface area contributed by atoms with Crippen molar-refractivity contribution in [3.05, 3.63) is 146 Å². The predicted octanol–water partition coefficient (Wildman–Crippen LogP) is 8.85. The van der Waals surface area contributed by atoms with E-state index in [4.69, 9.17) is 9.97 Å². The highest BCUT2D eigenvalue weighted by Crippen LogP contribution is 2.39. The summed E-state index contributed by atoms with van der Waals surface area (Å²) in [6.45, 7) is 0. The van der Waals surface area contributed by atoms with Crippen LogP contribution in [0.15, 0.2) is 146 Å². The fraction of sp³-hybridized carbons (Fsp3) is 0. The first-order chi connectivity index (χ1) is 19.8. The fourth-order valence-electron chi connectivity index (χ4n) is 5.78. The van der Waals surface area contributed by atoms with Gasteiger partial charge in [-0.05, 0) is 48.5 Å². The third-order valence-corrected chi connectivity index (χ3v) is 7.66. The Morgan fingerprint density at radius 3 is 1.77 bits per heavy atom. The molecule has 4 nitrogen and oxygen atoms in total. The first kappa shape index (κ1) is 22.5. The van der Waals surface area contributed by atoms with Crippen molar-refractivity contribution in [2.45, 2.75) is 0 Å². The molecule has 0 amide bonds. The van der Waals surface area contributed by atoms with Crippen molar-refractivity contribution < 1.29 is 0 Å². The lowest BCUT2D eigenvalue weighted by Crippen LogP contribution is -1.94. The molecule has 3 aromatic heterocycles. The van der Waals surface area contributed by atoms with Crippen LogP contribution in [0, 0.1) is 0 Å². The van der Waals surface area contributed by atoms with Crippen LogP contribution in [0.5, 0.6) is 0 Å². The van der Waals surface area contributed by atoms with Crippen molar-refractivity contribution in [3.8, 4) is 33.9 Å². The Labute approximate surface area is 231 Å². The molecule has 0 aliphatic heterocycles. The van der Waals surface area contributed by atoms with Gasteiger partial charge in [-0.25, -0.2) is 0 Å². The summed E-state index contributed by atoms with van der Waals surface area (Å²) in [5.41, 5.74) is 9.69. The monoisotopic (exact) mass is 512 g/mol. The van der Waals surface area contributed by atoms with Gasteiger partial charge in [0.2, 0.25) is 0 Å². The third-order valence-electron chi connectivity index (χ3n) is 7.66. The SMILES string of the molecule is c1ccc(-c2cnc(-c3ccc4c(c3)c3ccc5c(ccn5-c5ccccc5)c3n4-c3ccccc3)cn2)cc1. The zero-order valence-corrected chi connectivity index (χ0v) is 21.6. The summed E-state index contributed by atoms with van der Waals surface area (Å²) in [4.78, 5) is 9.51. The van der Waals surface area contributed by atoms with Crippen molar-refractivity contribution in [1.82, 2.24) is 19.1 Å². The van der Waals surface area contributed by atoms with Gasteiger partial charge in [0.05, 0.1) is 40.3 Å². The molecule has 0 aliphatic rings. The highest BCUT2D eigenvalue weighted by atomic mass is 15.0. The zero-order chi connectivity index (χ0) is 26.5. The summed E-state index contributed by atoms with van der Waals surface area (Å²) in [7, 11) is 0. The molecule has 0 fully saturated rings. The number of hydrogen-bond donors (Lipinski definition) is 0. The van der Waals surface area contributed by atoms with Crippen LogP contribution in [0.4, 0.5) is 0 Å². The molecule has 3 heterocycles. The van der Waals surface area contributed by atoms with E-state index in [1.54, 1.807) is 0 Å². The minimum Gasteiger partial charge on any atom is -0.316 e. The zero-order valence-electron chi connectivity index (χ0n) is 21.6. The lowest BCUT2D eigenvalue weighted by atomic mass is 10.1. The molecule has 0 radical (unpaired) electrons. The van der Waals surface area contributed by atoms with Gasteiger partial charge in [0.1, 0.15) is 0 Å². The summed E-state index contributed by atoms with van der Waals surface area (Å²) >= 11 is 0. The molecule has 0 spiro atoms. The summed E-state index contributed by atoms with van der Waals surface area (Å²) in [5, 5.41) is 3.63. The van der Waals surface area contributed by atoms with E-state index in [-0.39, 0.29) is 0 Å². The van der Waals surface area contributed by atoms with Crippen LogP contribution >= 0.6 is 0 Å². The maximum absolute atomic E-state index is 4.79. The molecule has 0 atom stereocenters. The second kappa shape index (κ2) is 9.07. The van der Waals surface area contributed by atoms with Gasteiger partial charge in [-0.3, -0.25) is 9.97 Å². The summed E-state index contributed by atoms with van der Waals surface area (Å²) in [6, 6.07) is 44.6. The van der Waals surface area contributed by atoms with E-state index in [9.17, 15) is 0 Å². The highest BCUT2D eigenvalue weighted by molar-refractivity contribution is 6.19. The number of benzene rings is 5. The topological polar surface area (TPSA) is 35.6 Å². The fourth-order valence-corrected chi connectivity index (χ4v) is 5.78. The first-order valence-electron chi connectivity index (χ1n) is 13.4. The average Bonchev–Trinajstić information content (AvgIpc) is 3.61. The van der Waals surface area contributed by atoms with Gasteiger partial charge in [0, 0.05) is 44.9 Å². The lowest BCUT2D eigenvalue weighted by Gasteiger charge is -2.10. The Morgan fingerprint density at radius 2 is 1.07 bits per heavy atom. The molecule has 188 valence electrons. The van der Waals surface area contributed by atoms with E-state index in [1.807, 2.05) is 30.6 Å². The van der Waals surface area contributed by atoms with E-state index < -0.39 is 0 Å². The molecule has 8 rings (SSSR count). The van der Waals surface area contributed by atoms with E-state index >= 15 is 0 Å². The van der Waals surface area contributed by atoms with Crippen LogP contribution in [0.25, 0.3) is 66.6 Å². The van der Waals surface area contributed by atoms with E-state index in [0.717, 1.165) is 33.9 Å². The molecule has 0 unspecified atom stereocenters. The average molecular weight is 513 g/mol. The molecular formula is C36H24N4. The molecule has 0 bridgehead atoms. The van der Waals surface area contributed by atoms with Crippen LogP contribution in [-0.4, -0.2) is 19.1 Å². The number of nitrogens with zero attached hydrogens (tertiary/aromatic N) is 4. The van der Waals surface area contributed by atoms with Crippen molar-refractivity contribution in [3.63, 3.8) is 0 Å². The van der Waals surface area contributed by atoms with E-state index in [2.05, 4.69) is 125 Å². The van der Waals surface area contributed by atoms with Crippen LogP contribution in [0.1, 0.15) is 0 Å². The van der Waals surface area contributed by atoms with Crippen molar-refractivity contribution in [2.24, 2.45) is 0 Å². The Hall–Kier alpha value is -5.48. The second-order valence-corrected chi connectivity index (χ2v) is 9.97. The van der Waals surface area contributed by atoms with E-state index in [1.165, 1.54) is 32.7 Å².